The van der Waals surface area contributed by atoms with Gasteiger partial charge in [-0.2, -0.15) is 0 Å². The predicted octanol–water partition coefficient (Wildman–Crippen LogP) is 2.26. The van der Waals surface area contributed by atoms with Crippen LogP contribution in [0.2, 0.25) is 8.67 Å². The Hall–Kier alpha value is -0.780. The molecule has 0 bridgehead atoms. The second kappa shape index (κ2) is 4.83. The highest BCUT2D eigenvalue weighted by atomic mass is 35.5. The lowest BCUT2D eigenvalue weighted by Gasteiger charge is -2.07. The van der Waals surface area contributed by atoms with Crippen LogP contribution in [0.15, 0.2) is 6.07 Å². The van der Waals surface area contributed by atoms with Gasteiger partial charge >= 0.3 is 5.97 Å². The molecule has 1 atom stereocenters. The van der Waals surface area contributed by atoms with Crippen LogP contribution in [-0.2, 0) is 4.79 Å². The minimum absolute atomic E-state index is 0.194. The van der Waals surface area contributed by atoms with Crippen LogP contribution in [0.4, 0.5) is 0 Å². The van der Waals surface area contributed by atoms with Gasteiger partial charge in [0, 0.05) is 0 Å². The summed E-state index contributed by atoms with van der Waals surface area (Å²) in [5, 5.41) is 10.9. The first-order valence-corrected chi connectivity index (χ1v) is 5.47. The van der Waals surface area contributed by atoms with Crippen molar-refractivity contribution in [2.75, 3.05) is 0 Å². The van der Waals surface area contributed by atoms with Crippen molar-refractivity contribution in [3.8, 4) is 0 Å². The van der Waals surface area contributed by atoms with E-state index in [0.717, 1.165) is 11.3 Å². The smallest absolute Gasteiger partial charge is 0.325 e. The first-order valence-electron chi connectivity index (χ1n) is 3.90. The molecule has 0 radical (unpaired) electrons. The van der Waals surface area contributed by atoms with Crippen molar-refractivity contribution in [2.24, 2.45) is 0 Å². The number of halogens is 2. The summed E-state index contributed by atoms with van der Waals surface area (Å²) in [6, 6.07) is 0.436. The molecule has 0 fully saturated rings. The molecule has 0 aliphatic carbocycles. The monoisotopic (exact) mass is 267 g/mol. The van der Waals surface area contributed by atoms with E-state index in [9.17, 15) is 9.59 Å². The Morgan fingerprint density at radius 1 is 1.53 bits per heavy atom. The van der Waals surface area contributed by atoms with Gasteiger partial charge in [0.1, 0.15) is 10.4 Å². The first kappa shape index (κ1) is 12.3. The Bertz CT molecular complexity index is 405. The Balaban J connectivity index is 2.77. The molecule has 1 aromatic heterocycles. The second-order valence-corrected chi connectivity index (χ2v) is 5.06. The molecule has 7 heteroatoms. The normalized spacial score (nSPS) is 12.2. The van der Waals surface area contributed by atoms with Gasteiger partial charge in [-0.25, -0.2) is 0 Å². The summed E-state index contributed by atoms with van der Waals surface area (Å²) in [7, 11) is 0. The average molecular weight is 268 g/mol. The van der Waals surface area contributed by atoms with Crippen LogP contribution >= 0.6 is 34.5 Å². The highest BCUT2D eigenvalue weighted by Gasteiger charge is 2.19. The number of amides is 1. The lowest BCUT2D eigenvalue weighted by atomic mass is 10.3. The third-order valence-corrected chi connectivity index (χ3v) is 3.11. The molecule has 0 aromatic carbocycles. The Morgan fingerprint density at radius 3 is 2.53 bits per heavy atom. The van der Waals surface area contributed by atoms with Crippen molar-refractivity contribution in [2.45, 2.75) is 13.0 Å². The molecule has 0 spiro atoms. The third-order valence-electron chi connectivity index (χ3n) is 1.62. The molecule has 0 aliphatic heterocycles. The molecule has 1 aromatic rings. The minimum Gasteiger partial charge on any atom is -0.480 e. The SMILES string of the molecule is C[C@H](NC(=O)c1cc(Cl)sc1Cl)C(=O)O. The third kappa shape index (κ3) is 3.09. The number of aliphatic carboxylic acids is 1. The van der Waals surface area contributed by atoms with Crippen molar-refractivity contribution >= 4 is 46.4 Å². The van der Waals surface area contributed by atoms with Gasteiger partial charge in [-0.15, -0.1) is 11.3 Å². The number of nitrogens with one attached hydrogen (secondary N) is 1. The highest BCUT2D eigenvalue weighted by Crippen LogP contribution is 2.30. The van der Waals surface area contributed by atoms with Crippen LogP contribution in [0.25, 0.3) is 0 Å². The van der Waals surface area contributed by atoms with E-state index in [1.165, 1.54) is 13.0 Å². The molecule has 0 aliphatic rings. The molecule has 1 rings (SSSR count). The van der Waals surface area contributed by atoms with E-state index < -0.39 is 17.9 Å². The van der Waals surface area contributed by atoms with Crippen LogP contribution in [-0.4, -0.2) is 23.0 Å². The number of carbonyl (C=O) groups is 2. The fourth-order valence-electron chi connectivity index (χ4n) is 0.831. The van der Waals surface area contributed by atoms with Crippen LogP contribution in [0.1, 0.15) is 17.3 Å². The summed E-state index contributed by atoms with van der Waals surface area (Å²) >= 11 is 12.4. The lowest BCUT2D eigenvalue weighted by Crippen LogP contribution is -2.38. The fraction of sp³-hybridized carbons (Fsp3) is 0.250. The van der Waals surface area contributed by atoms with Crippen molar-refractivity contribution < 1.29 is 14.7 Å². The standard InChI is InChI=1S/C8H7Cl2NO3S/c1-3(8(13)14)11-7(12)4-2-5(9)15-6(4)10/h2-3H,1H3,(H,11,12)(H,13,14)/t3-/m0/s1. The molecule has 4 nitrogen and oxygen atoms in total. The van der Waals surface area contributed by atoms with E-state index in [4.69, 9.17) is 28.3 Å². The van der Waals surface area contributed by atoms with Crippen LogP contribution < -0.4 is 5.32 Å². The zero-order chi connectivity index (χ0) is 11.6. The van der Waals surface area contributed by atoms with Crippen LogP contribution in [0.3, 0.4) is 0 Å². The number of thiophene rings is 1. The van der Waals surface area contributed by atoms with Gasteiger partial charge in [0.2, 0.25) is 0 Å². The molecule has 82 valence electrons. The summed E-state index contributed by atoms with van der Waals surface area (Å²) in [5.41, 5.74) is 0.194. The Morgan fingerprint density at radius 2 is 2.13 bits per heavy atom. The predicted molar refractivity (Wildman–Crippen MR) is 58.9 cm³/mol. The average Bonchev–Trinajstić information content (AvgIpc) is 2.44. The van der Waals surface area contributed by atoms with Crippen molar-refractivity contribution in [1.82, 2.24) is 5.32 Å². The van der Waals surface area contributed by atoms with Gasteiger partial charge in [-0.3, -0.25) is 9.59 Å². The Kier molecular flexibility index (Phi) is 3.96. The number of rotatable bonds is 3. The summed E-state index contributed by atoms with van der Waals surface area (Å²) in [6.07, 6.45) is 0. The number of carboxylic acid groups (broad SMARTS) is 1. The molecule has 15 heavy (non-hydrogen) atoms. The molecular formula is C8H7Cl2NO3S. The largest absolute Gasteiger partial charge is 0.480 e. The highest BCUT2D eigenvalue weighted by molar-refractivity contribution is 7.20. The zero-order valence-corrected chi connectivity index (χ0v) is 9.91. The molecule has 0 saturated heterocycles. The maximum absolute atomic E-state index is 11.5. The van der Waals surface area contributed by atoms with Gasteiger partial charge in [-0.1, -0.05) is 23.2 Å². The van der Waals surface area contributed by atoms with Gasteiger partial charge in [0.05, 0.1) is 9.90 Å². The first-order chi connectivity index (χ1) is 6.91. The summed E-state index contributed by atoms with van der Waals surface area (Å²) in [4.78, 5) is 22.0. The molecule has 1 heterocycles. The van der Waals surface area contributed by atoms with Crippen molar-refractivity contribution in [3.05, 3.63) is 20.3 Å². The number of hydrogen-bond donors (Lipinski definition) is 2. The minimum atomic E-state index is -1.11. The number of carbonyl (C=O) groups excluding carboxylic acids is 1. The summed E-state index contributed by atoms with van der Waals surface area (Å²) in [6.45, 7) is 1.36. The van der Waals surface area contributed by atoms with Gasteiger partial charge in [-0.05, 0) is 13.0 Å². The molecule has 0 saturated carbocycles. The molecular weight excluding hydrogens is 261 g/mol. The van der Waals surface area contributed by atoms with Crippen LogP contribution in [0, 0.1) is 0 Å². The Labute approximate surface area is 99.8 Å². The summed E-state index contributed by atoms with van der Waals surface area (Å²) < 4.78 is 0.628. The number of carboxylic acids is 1. The van der Waals surface area contributed by atoms with Crippen LogP contribution in [0.5, 0.6) is 0 Å². The zero-order valence-electron chi connectivity index (χ0n) is 7.58. The molecule has 2 N–H and O–H groups in total. The topological polar surface area (TPSA) is 66.4 Å². The van der Waals surface area contributed by atoms with Crippen molar-refractivity contribution in [1.29, 1.82) is 0 Å². The van der Waals surface area contributed by atoms with E-state index in [1.807, 2.05) is 0 Å². The molecule has 0 unspecified atom stereocenters. The van der Waals surface area contributed by atoms with E-state index in [-0.39, 0.29) is 9.90 Å². The number of hydrogen-bond acceptors (Lipinski definition) is 3. The molecule has 1 amide bonds. The second-order valence-electron chi connectivity index (χ2n) is 2.77. The maximum atomic E-state index is 11.5. The van der Waals surface area contributed by atoms with E-state index in [2.05, 4.69) is 5.32 Å². The van der Waals surface area contributed by atoms with E-state index in [0.29, 0.717) is 4.34 Å². The van der Waals surface area contributed by atoms with E-state index in [1.54, 1.807) is 0 Å². The quantitative estimate of drug-likeness (QED) is 0.883. The fourth-order valence-corrected chi connectivity index (χ4v) is 2.29. The van der Waals surface area contributed by atoms with Gasteiger partial charge in [0.15, 0.2) is 0 Å². The summed E-state index contributed by atoms with van der Waals surface area (Å²) in [5.74, 6) is -1.65. The van der Waals surface area contributed by atoms with Crippen molar-refractivity contribution in [3.63, 3.8) is 0 Å². The van der Waals surface area contributed by atoms with Gasteiger partial charge < -0.3 is 10.4 Å². The lowest BCUT2D eigenvalue weighted by molar-refractivity contribution is -0.138. The maximum Gasteiger partial charge on any atom is 0.325 e. The van der Waals surface area contributed by atoms with E-state index >= 15 is 0 Å². The van der Waals surface area contributed by atoms with Gasteiger partial charge in [0.25, 0.3) is 5.91 Å².